The molecule has 0 saturated carbocycles. The lowest BCUT2D eigenvalue weighted by atomic mass is 10.3. The lowest BCUT2D eigenvalue weighted by molar-refractivity contribution is 0.0386. The van der Waals surface area contributed by atoms with Crippen molar-refractivity contribution in [3.63, 3.8) is 0 Å². The second kappa shape index (κ2) is 6.25. The summed E-state index contributed by atoms with van der Waals surface area (Å²) in [6.07, 6.45) is -0.552. The Bertz CT molecular complexity index is 639. The molecule has 5 nitrogen and oxygen atoms in total. The Kier molecular flexibility index (Phi) is 5.04. The molecule has 0 aliphatic carbocycles. The zero-order valence-corrected chi connectivity index (χ0v) is 14.2. The maximum Gasteiger partial charge on any atom is 0.243 e. The first-order valence-electron chi connectivity index (χ1n) is 5.68. The van der Waals surface area contributed by atoms with Gasteiger partial charge in [0.15, 0.2) is 0 Å². The first-order valence-corrected chi connectivity index (χ1v) is 8.70. The number of halogens is 2. The van der Waals surface area contributed by atoms with E-state index in [0.29, 0.717) is 9.50 Å². The van der Waals surface area contributed by atoms with Crippen LogP contribution in [0.4, 0.5) is 0 Å². The molecule has 0 bridgehead atoms. The van der Waals surface area contributed by atoms with Gasteiger partial charge in [-0.15, -0.1) is 0 Å². The van der Waals surface area contributed by atoms with Crippen LogP contribution in [-0.4, -0.2) is 43.5 Å². The molecule has 110 valence electrons. The van der Waals surface area contributed by atoms with Crippen LogP contribution < -0.4 is 5.73 Å². The number of sulfonamides is 1. The van der Waals surface area contributed by atoms with Gasteiger partial charge in [0.25, 0.3) is 0 Å². The van der Waals surface area contributed by atoms with Crippen molar-refractivity contribution < 1.29 is 13.2 Å². The van der Waals surface area contributed by atoms with Crippen LogP contribution in [0.3, 0.4) is 0 Å². The summed E-state index contributed by atoms with van der Waals surface area (Å²) in [7, 11) is -3.62. The second-order valence-corrected chi connectivity index (χ2v) is 7.87. The largest absolute Gasteiger partial charge is 0.391 e. The van der Waals surface area contributed by atoms with Crippen LogP contribution in [0.15, 0.2) is 27.6 Å². The van der Waals surface area contributed by atoms with Crippen molar-refractivity contribution in [2.24, 2.45) is 5.73 Å². The minimum Gasteiger partial charge on any atom is -0.391 e. The van der Waals surface area contributed by atoms with Crippen molar-refractivity contribution >= 4 is 54.8 Å². The highest BCUT2D eigenvalue weighted by Gasteiger charge is 2.32. The smallest absolute Gasteiger partial charge is 0.243 e. The molecular weight excluding hydrogens is 388 g/mol. The fraction of sp³-hybridized carbons (Fsp3) is 0.364. The Hall–Kier alpha value is -0.250. The quantitative estimate of drug-likeness (QED) is 0.784. The Labute approximate surface area is 136 Å². The van der Waals surface area contributed by atoms with E-state index in [2.05, 4.69) is 15.9 Å². The number of morpholine rings is 1. The fourth-order valence-electron chi connectivity index (χ4n) is 1.80. The number of thiocarbonyl (C=S) groups is 1. The summed E-state index contributed by atoms with van der Waals surface area (Å²) in [6, 6.07) is 4.47. The van der Waals surface area contributed by atoms with Gasteiger partial charge in [-0.1, -0.05) is 23.8 Å². The lowest BCUT2D eigenvalue weighted by Crippen LogP contribution is -2.49. The molecule has 1 aliphatic rings. The van der Waals surface area contributed by atoms with Crippen molar-refractivity contribution in [3.05, 3.63) is 27.7 Å². The summed E-state index contributed by atoms with van der Waals surface area (Å²) in [5.74, 6) is 0. The molecule has 9 heteroatoms. The molecule has 1 fully saturated rings. The number of rotatable bonds is 3. The molecule has 1 atom stereocenters. The number of ether oxygens (including phenoxy) is 1. The van der Waals surface area contributed by atoms with Gasteiger partial charge in [0.2, 0.25) is 10.0 Å². The monoisotopic (exact) mass is 398 g/mol. The molecule has 20 heavy (non-hydrogen) atoms. The number of benzene rings is 1. The van der Waals surface area contributed by atoms with Gasteiger partial charge in [-0.25, -0.2) is 8.42 Å². The van der Waals surface area contributed by atoms with E-state index in [4.69, 9.17) is 34.3 Å². The first-order chi connectivity index (χ1) is 9.32. The van der Waals surface area contributed by atoms with Crippen molar-refractivity contribution in [3.8, 4) is 0 Å². The number of hydrogen-bond acceptors (Lipinski definition) is 4. The van der Waals surface area contributed by atoms with Crippen LogP contribution >= 0.6 is 39.7 Å². The molecule has 0 amide bonds. The molecule has 1 unspecified atom stereocenters. The summed E-state index contributed by atoms with van der Waals surface area (Å²) in [5.41, 5.74) is 5.52. The van der Waals surface area contributed by atoms with Crippen LogP contribution in [0.25, 0.3) is 0 Å². The number of nitrogens with two attached hydrogens (primary N) is 1. The normalized spacial score (nSPS) is 20.8. The zero-order chi connectivity index (χ0) is 14.9. The molecule has 1 saturated heterocycles. The summed E-state index contributed by atoms with van der Waals surface area (Å²) < 4.78 is 32.3. The molecule has 2 N–H and O–H groups in total. The van der Waals surface area contributed by atoms with Gasteiger partial charge < -0.3 is 10.5 Å². The van der Waals surface area contributed by atoms with Crippen LogP contribution in [0.5, 0.6) is 0 Å². The van der Waals surface area contributed by atoms with Crippen molar-refractivity contribution in [2.45, 2.75) is 11.0 Å². The van der Waals surface area contributed by atoms with Crippen LogP contribution in [0, 0.1) is 0 Å². The predicted octanol–water partition coefficient (Wildman–Crippen LogP) is 1.78. The average Bonchev–Trinajstić information content (AvgIpc) is 2.42. The van der Waals surface area contributed by atoms with Gasteiger partial charge in [0.1, 0.15) is 11.1 Å². The molecule has 0 aromatic heterocycles. The third-order valence-electron chi connectivity index (χ3n) is 2.88. The minimum atomic E-state index is -3.62. The first kappa shape index (κ1) is 16.1. The second-order valence-electron chi connectivity index (χ2n) is 4.20. The average molecular weight is 400 g/mol. The van der Waals surface area contributed by atoms with E-state index in [1.165, 1.54) is 22.5 Å². The van der Waals surface area contributed by atoms with Crippen molar-refractivity contribution in [1.29, 1.82) is 0 Å². The molecule has 2 rings (SSSR count). The molecule has 1 heterocycles. The highest BCUT2D eigenvalue weighted by molar-refractivity contribution is 9.10. The summed E-state index contributed by atoms with van der Waals surface area (Å²) in [5, 5.41) is 0.451. The Morgan fingerprint density at radius 1 is 1.55 bits per heavy atom. The fourth-order valence-corrected chi connectivity index (χ4v) is 4.04. The van der Waals surface area contributed by atoms with E-state index in [-0.39, 0.29) is 29.6 Å². The van der Waals surface area contributed by atoms with Gasteiger partial charge in [-0.2, -0.15) is 4.31 Å². The van der Waals surface area contributed by atoms with E-state index in [1.807, 2.05) is 0 Å². The summed E-state index contributed by atoms with van der Waals surface area (Å²) in [6.45, 7) is 0.648. The molecule has 1 aromatic carbocycles. The van der Waals surface area contributed by atoms with E-state index in [0.717, 1.165) is 0 Å². The predicted molar refractivity (Wildman–Crippen MR) is 84.4 cm³/mol. The van der Waals surface area contributed by atoms with E-state index >= 15 is 0 Å². The zero-order valence-electron chi connectivity index (χ0n) is 10.3. The standard InChI is InChI=1S/C11H12BrClN2O3S2/c12-8-5-7(1-2-9(8)13)20(16,17)15-3-4-18-10(6-15)11(14)19/h1-2,5,10H,3-4,6H2,(H2,14,19). The van der Waals surface area contributed by atoms with Crippen molar-refractivity contribution in [1.82, 2.24) is 4.31 Å². The third-order valence-corrected chi connectivity index (χ3v) is 6.21. The van der Waals surface area contributed by atoms with Crippen LogP contribution in [-0.2, 0) is 14.8 Å². The van der Waals surface area contributed by atoms with E-state index < -0.39 is 16.1 Å². The van der Waals surface area contributed by atoms with Gasteiger partial charge in [0.05, 0.1) is 16.5 Å². The summed E-state index contributed by atoms with van der Waals surface area (Å²) >= 11 is 13.9. The Morgan fingerprint density at radius 2 is 2.25 bits per heavy atom. The molecule has 1 aromatic rings. The maximum atomic E-state index is 12.5. The molecule has 0 spiro atoms. The van der Waals surface area contributed by atoms with Gasteiger partial charge in [-0.3, -0.25) is 0 Å². The number of nitrogens with zero attached hydrogens (tertiary/aromatic N) is 1. The van der Waals surface area contributed by atoms with Crippen molar-refractivity contribution in [2.75, 3.05) is 19.7 Å². The molecule has 1 aliphatic heterocycles. The van der Waals surface area contributed by atoms with Gasteiger partial charge in [-0.05, 0) is 34.1 Å². The molecule has 0 radical (unpaired) electrons. The van der Waals surface area contributed by atoms with Crippen LogP contribution in [0.2, 0.25) is 5.02 Å². The maximum absolute atomic E-state index is 12.5. The van der Waals surface area contributed by atoms with E-state index in [1.54, 1.807) is 0 Å². The number of hydrogen-bond donors (Lipinski definition) is 1. The molecular formula is C11H12BrClN2O3S2. The van der Waals surface area contributed by atoms with Crippen LogP contribution in [0.1, 0.15) is 0 Å². The third kappa shape index (κ3) is 3.32. The topological polar surface area (TPSA) is 72.6 Å². The Balaban J connectivity index is 2.29. The Morgan fingerprint density at radius 3 is 2.85 bits per heavy atom. The lowest BCUT2D eigenvalue weighted by Gasteiger charge is -2.31. The van der Waals surface area contributed by atoms with Gasteiger partial charge in [0, 0.05) is 17.6 Å². The highest BCUT2D eigenvalue weighted by atomic mass is 79.9. The SMILES string of the molecule is NC(=S)C1CN(S(=O)(=O)c2ccc(Cl)c(Br)c2)CCO1. The summed E-state index contributed by atoms with van der Waals surface area (Å²) in [4.78, 5) is 0.319. The highest BCUT2D eigenvalue weighted by Crippen LogP contribution is 2.27. The van der Waals surface area contributed by atoms with Gasteiger partial charge >= 0.3 is 0 Å². The minimum absolute atomic E-state index is 0.123. The van der Waals surface area contributed by atoms with E-state index in [9.17, 15) is 8.42 Å².